The van der Waals surface area contributed by atoms with Crippen LogP contribution in [0.3, 0.4) is 0 Å². The van der Waals surface area contributed by atoms with E-state index < -0.39 is 0 Å². The van der Waals surface area contributed by atoms with Gasteiger partial charge in [0.05, 0.1) is 12.3 Å². The summed E-state index contributed by atoms with van der Waals surface area (Å²) in [6.45, 7) is 2.41. The van der Waals surface area contributed by atoms with Crippen molar-refractivity contribution < 1.29 is 9.84 Å². The van der Waals surface area contributed by atoms with Crippen LogP contribution in [0.15, 0.2) is 42.6 Å². The van der Waals surface area contributed by atoms with Crippen molar-refractivity contribution in [1.82, 2.24) is 4.98 Å². The highest BCUT2D eigenvalue weighted by atomic mass is 16.5. The van der Waals surface area contributed by atoms with Crippen LogP contribution in [0.5, 0.6) is 5.75 Å². The second-order valence-corrected chi connectivity index (χ2v) is 3.82. The number of hydrogen-bond acceptors (Lipinski definition) is 3. The van der Waals surface area contributed by atoms with Gasteiger partial charge in [0.1, 0.15) is 12.4 Å². The molecule has 3 nitrogen and oxygen atoms in total. The summed E-state index contributed by atoms with van der Waals surface area (Å²) >= 11 is 0. The van der Waals surface area contributed by atoms with Gasteiger partial charge < -0.3 is 9.84 Å². The van der Waals surface area contributed by atoms with E-state index in [0.29, 0.717) is 12.4 Å². The predicted molar refractivity (Wildman–Crippen MR) is 65.7 cm³/mol. The molecule has 1 aromatic heterocycles. The summed E-state index contributed by atoms with van der Waals surface area (Å²) in [5, 5.41) is 9.17. The second-order valence-electron chi connectivity index (χ2n) is 3.82. The van der Waals surface area contributed by atoms with Gasteiger partial charge in [-0.2, -0.15) is 0 Å². The first-order valence-electron chi connectivity index (χ1n) is 5.53. The highest BCUT2D eigenvalue weighted by Gasteiger charge is 2.03. The number of pyridine rings is 1. The van der Waals surface area contributed by atoms with Crippen molar-refractivity contribution in [2.75, 3.05) is 0 Å². The molecule has 88 valence electrons. The molecule has 0 aliphatic carbocycles. The minimum Gasteiger partial charge on any atom is -0.487 e. The number of para-hydroxylation sites is 1. The van der Waals surface area contributed by atoms with E-state index in [9.17, 15) is 5.11 Å². The molecule has 0 saturated carbocycles. The van der Waals surface area contributed by atoms with Gasteiger partial charge in [0.25, 0.3) is 0 Å². The Morgan fingerprint density at radius 2 is 2.00 bits per heavy atom. The van der Waals surface area contributed by atoms with Crippen LogP contribution >= 0.6 is 0 Å². The lowest BCUT2D eigenvalue weighted by Gasteiger charge is -2.10. The molecule has 0 bridgehead atoms. The third-order valence-corrected chi connectivity index (χ3v) is 2.63. The Kier molecular flexibility index (Phi) is 3.73. The molecule has 3 heteroatoms. The Bertz CT molecular complexity index is 497. The number of benzene rings is 1. The molecule has 17 heavy (non-hydrogen) atoms. The third-order valence-electron chi connectivity index (χ3n) is 2.63. The Morgan fingerprint density at radius 3 is 2.76 bits per heavy atom. The Labute approximate surface area is 101 Å². The molecule has 0 atom stereocenters. The molecule has 0 radical (unpaired) electrons. The third kappa shape index (κ3) is 2.82. The maximum atomic E-state index is 9.17. The van der Waals surface area contributed by atoms with E-state index >= 15 is 0 Å². The van der Waals surface area contributed by atoms with Gasteiger partial charge in [-0.15, -0.1) is 0 Å². The van der Waals surface area contributed by atoms with Crippen LogP contribution in [0.1, 0.15) is 16.8 Å². The van der Waals surface area contributed by atoms with Gasteiger partial charge in [-0.1, -0.05) is 24.3 Å². The fourth-order valence-electron chi connectivity index (χ4n) is 1.59. The molecular weight excluding hydrogens is 214 g/mol. The molecule has 0 aliphatic rings. The number of aliphatic hydroxyl groups is 1. The first-order valence-corrected chi connectivity index (χ1v) is 5.53. The van der Waals surface area contributed by atoms with Crippen LogP contribution in [-0.4, -0.2) is 10.1 Å². The number of aryl methyl sites for hydroxylation is 1. The molecule has 1 aromatic carbocycles. The van der Waals surface area contributed by atoms with E-state index in [-0.39, 0.29) is 6.61 Å². The smallest absolute Gasteiger partial charge is 0.130 e. The molecule has 0 unspecified atom stereocenters. The number of aromatic nitrogens is 1. The molecular formula is C14H15NO2. The van der Waals surface area contributed by atoms with Gasteiger partial charge >= 0.3 is 0 Å². The first kappa shape index (κ1) is 11.6. The summed E-state index contributed by atoms with van der Waals surface area (Å²) in [6.07, 6.45) is 1.75. The number of ether oxygens (including phenoxy) is 1. The normalized spacial score (nSPS) is 10.2. The topological polar surface area (TPSA) is 42.4 Å². The summed E-state index contributed by atoms with van der Waals surface area (Å²) in [7, 11) is 0. The molecule has 0 amide bonds. The fraction of sp³-hybridized carbons (Fsp3) is 0.214. The van der Waals surface area contributed by atoms with Crippen molar-refractivity contribution in [3.05, 3.63) is 59.4 Å². The number of hydrogen-bond donors (Lipinski definition) is 1. The first-order chi connectivity index (χ1) is 8.31. The molecule has 0 spiro atoms. The lowest BCUT2D eigenvalue weighted by atomic mass is 10.2. The van der Waals surface area contributed by atoms with Gasteiger partial charge in [-0.25, -0.2) is 0 Å². The van der Waals surface area contributed by atoms with E-state index in [1.165, 1.54) is 0 Å². The van der Waals surface area contributed by atoms with Crippen LogP contribution in [0.4, 0.5) is 0 Å². The van der Waals surface area contributed by atoms with Crippen molar-refractivity contribution >= 4 is 0 Å². The minimum absolute atomic E-state index is 0.0165. The SMILES string of the molecule is Cc1cccnc1COc1ccccc1CO. The number of aliphatic hydroxyl groups excluding tert-OH is 1. The van der Waals surface area contributed by atoms with Crippen molar-refractivity contribution in [2.45, 2.75) is 20.1 Å². The van der Waals surface area contributed by atoms with E-state index in [1.807, 2.05) is 43.3 Å². The van der Waals surface area contributed by atoms with Gasteiger partial charge in [-0.05, 0) is 24.6 Å². The Balaban J connectivity index is 2.10. The van der Waals surface area contributed by atoms with Gasteiger partial charge in [-0.3, -0.25) is 4.98 Å². The summed E-state index contributed by atoms with van der Waals surface area (Å²) in [5.41, 5.74) is 2.82. The van der Waals surface area contributed by atoms with Crippen LogP contribution < -0.4 is 4.74 Å². The minimum atomic E-state index is -0.0165. The molecule has 2 rings (SSSR count). The lowest BCUT2D eigenvalue weighted by molar-refractivity contribution is 0.257. The van der Waals surface area contributed by atoms with Crippen molar-refractivity contribution in [3.63, 3.8) is 0 Å². The zero-order chi connectivity index (χ0) is 12.1. The lowest BCUT2D eigenvalue weighted by Crippen LogP contribution is -2.02. The zero-order valence-electron chi connectivity index (χ0n) is 9.76. The van der Waals surface area contributed by atoms with E-state index in [1.54, 1.807) is 6.20 Å². The van der Waals surface area contributed by atoms with Gasteiger partial charge in [0.15, 0.2) is 0 Å². The van der Waals surface area contributed by atoms with Crippen molar-refractivity contribution in [3.8, 4) is 5.75 Å². The molecule has 0 saturated heterocycles. The number of nitrogens with zero attached hydrogens (tertiary/aromatic N) is 1. The largest absolute Gasteiger partial charge is 0.487 e. The summed E-state index contributed by atoms with van der Waals surface area (Å²) in [5.74, 6) is 0.708. The number of rotatable bonds is 4. The zero-order valence-corrected chi connectivity index (χ0v) is 9.76. The molecule has 1 N–H and O–H groups in total. The van der Waals surface area contributed by atoms with Gasteiger partial charge in [0, 0.05) is 11.8 Å². The molecule has 0 aliphatic heterocycles. The standard InChI is InChI=1S/C14H15NO2/c1-11-5-4-8-15-13(11)10-17-14-7-3-2-6-12(14)9-16/h2-8,16H,9-10H2,1H3. The molecule has 0 fully saturated rings. The Morgan fingerprint density at radius 1 is 1.18 bits per heavy atom. The Hall–Kier alpha value is -1.87. The average Bonchev–Trinajstić information content (AvgIpc) is 2.38. The van der Waals surface area contributed by atoms with E-state index in [2.05, 4.69) is 4.98 Å². The summed E-state index contributed by atoms with van der Waals surface area (Å²) in [4.78, 5) is 4.26. The van der Waals surface area contributed by atoms with Crippen molar-refractivity contribution in [2.24, 2.45) is 0 Å². The van der Waals surface area contributed by atoms with E-state index in [4.69, 9.17) is 4.74 Å². The monoisotopic (exact) mass is 229 g/mol. The average molecular weight is 229 g/mol. The predicted octanol–water partition coefficient (Wildman–Crippen LogP) is 2.46. The molecule has 2 aromatic rings. The second kappa shape index (κ2) is 5.46. The van der Waals surface area contributed by atoms with Crippen LogP contribution in [0, 0.1) is 6.92 Å². The highest BCUT2D eigenvalue weighted by molar-refractivity contribution is 5.32. The quantitative estimate of drug-likeness (QED) is 0.875. The van der Waals surface area contributed by atoms with Gasteiger partial charge in [0.2, 0.25) is 0 Å². The van der Waals surface area contributed by atoms with Crippen molar-refractivity contribution in [1.29, 1.82) is 0 Å². The summed E-state index contributed by atoms with van der Waals surface area (Å²) in [6, 6.07) is 11.4. The maximum Gasteiger partial charge on any atom is 0.130 e. The van der Waals surface area contributed by atoms with Crippen LogP contribution in [0.25, 0.3) is 0 Å². The van der Waals surface area contributed by atoms with Crippen LogP contribution in [0.2, 0.25) is 0 Å². The maximum absolute atomic E-state index is 9.17. The van der Waals surface area contributed by atoms with Crippen LogP contribution in [-0.2, 0) is 13.2 Å². The highest BCUT2D eigenvalue weighted by Crippen LogP contribution is 2.19. The van der Waals surface area contributed by atoms with E-state index in [0.717, 1.165) is 16.8 Å². The molecule has 1 heterocycles. The summed E-state index contributed by atoms with van der Waals surface area (Å²) < 4.78 is 5.67. The fourth-order valence-corrected chi connectivity index (χ4v) is 1.59.